The normalized spacial score (nSPS) is 16.0. The van der Waals surface area contributed by atoms with Crippen LogP contribution in [0.4, 0.5) is 0 Å². The van der Waals surface area contributed by atoms with E-state index in [1.807, 2.05) is 24.0 Å². The summed E-state index contributed by atoms with van der Waals surface area (Å²) in [5, 5.41) is 0. The van der Waals surface area contributed by atoms with Crippen molar-refractivity contribution in [2.45, 2.75) is 80.5 Å². The molecule has 0 unspecified atom stereocenters. The summed E-state index contributed by atoms with van der Waals surface area (Å²) in [6.45, 7) is 12.0. The van der Waals surface area contributed by atoms with Gasteiger partial charge in [0, 0.05) is 44.1 Å². The maximum atomic E-state index is 13.3. The molecule has 1 saturated heterocycles. The zero-order valence-electron chi connectivity index (χ0n) is 27.5. The molecule has 1 amide bonds. The van der Waals surface area contributed by atoms with Crippen molar-refractivity contribution in [3.63, 3.8) is 0 Å². The molecule has 7 nitrogen and oxygen atoms in total. The van der Waals surface area contributed by atoms with Crippen LogP contribution in [0.25, 0.3) is 0 Å². The summed E-state index contributed by atoms with van der Waals surface area (Å²) in [6, 6.07) is 22.9. The molecule has 9 heteroatoms. The Kier molecular flexibility index (Phi) is 11.0. The topological polar surface area (TPSA) is 91.8 Å². The smallest absolute Gasteiger partial charge is 0.227 e. The highest BCUT2D eigenvalue weighted by atomic mass is 32.2. The van der Waals surface area contributed by atoms with Crippen LogP contribution in [0.2, 0.25) is 0 Å². The van der Waals surface area contributed by atoms with Crippen LogP contribution in [0.5, 0.6) is 0 Å². The minimum Gasteiger partial charge on any atom is -0.340 e. The number of rotatable bonds is 11. The molecule has 4 rings (SSSR count). The lowest BCUT2D eigenvalue weighted by Crippen LogP contribution is -2.48. The van der Waals surface area contributed by atoms with Gasteiger partial charge in [-0.1, -0.05) is 69.3 Å². The Morgan fingerprint density at radius 1 is 0.844 bits per heavy atom. The highest BCUT2D eigenvalue weighted by Gasteiger charge is 2.28. The molecule has 1 fully saturated rings. The molecule has 3 aromatic carbocycles. The number of carbonyl (C=O) groups excluding carboxylic acids is 1. The molecule has 0 aliphatic carbocycles. The average Bonchev–Trinajstić information content (AvgIpc) is 2.98. The lowest BCUT2D eigenvalue weighted by molar-refractivity contribution is -0.133. The van der Waals surface area contributed by atoms with E-state index in [0.29, 0.717) is 11.4 Å². The number of sulfone groups is 2. The molecule has 1 atom stereocenters. The van der Waals surface area contributed by atoms with E-state index in [-0.39, 0.29) is 34.6 Å². The number of likely N-dealkylation sites (N-methyl/N-ethyl adjacent to an activating group) is 1. The summed E-state index contributed by atoms with van der Waals surface area (Å²) < 4.78 is 47.7. The van der Waals surface area contributed by atoms with Crippen LogP contribution in [0.1, 0.15) is 75.1 Å². The second-order valence-electron chi connectivity index (χ2n) is 13.4. The summed E-state index contributed by atoms with van der Waals surface area (Å²) in [5.41, 5.74) is 4.45. The Morgan fingerprint density at radius 2 is 1.40 bits per heavy atom. The number of hydrogen-bond acceptors (Lipinski definition) is 6. The van der Waals surface area contributed by atoms with Gasteiger partial charge in [0.2, 0.25) is 5.91 Å². The number of amides is 1. The Morgan fingerprint density at radius 3 is 1.91 bits per heavy atom. The van der Waals surface area contributed by atoms with Gasteiger partial charge < -0.3 is 9.80 Å². The molecule has 45 heavy (non-hydrogen) atoms. The first kappa shape index (κ1) is 34.9. The van der Waals surface area contributed by atoms with Gasteiger partial charge in [0.25, 0.3) is 0 Å². The summed E-state index contributed by atoms with van der Waals surface area (Å²) in [6.07, 6.45) is 5.38. The Hall–Kier alpha value is -3.01. The number of carbonyl (C=O) groups is 1. The van der Waals surface area contributed by atoms with Crippen LogP contribution in [0.15, 0.2) is 82.6 Å². The van der Waals surface area contributed by atoms with Crippen molar-refractivity contribution >= 4 is 25.6 Å². The second kappa shape index (κ2) is 14.2. The first-order chi connectivity index (χ1) is 21.1. The molecule has 1 aliphatic heterocycles. The first-order valence-electron chi connectivity index (χ1n) is 15.8. The number of piperidine rings is 1. The molecule has 0 saturated carbocycles. The van der Waals surface area contributed by atoms with Crippen molar-refractivity contribution in [1.82, 2.24) is 9.80 Å². The van der Waals surface area contributed by atoms with Crippen molar-refractivity contribution in [2.75, 3.05) is 38.7 Å². The fourth-order valence-electron chi connectivity index (χ4n) is 6.23. The molecule has 0 N–H and O–H groups in total. The largest absolute Gasteiger partial charge is 0.340 e. The molecule has 3 aromatic rings. The second-order valence-corrected chi connectivity index (χ2v) is 17.4. The quantitative estimate of drug-likeness (QED) is 0.258. The van der Waals surface area contributed by atoms with E-state index in [1.165, 1.54) is 23.6 Å². The van der Waals surface area contributed by atoms with Crippen LogP contribution in [-0.2, 0) is 36.3 Å². The lowest BCUT2D eigenvalue weighted by Gasteiger charge is -2.38. The van der Waals surface area contributed by atoms with Gasteiger partial charge in [-0.3, -0.25) is 4.79 Å². The lowest BCUT2D eigenvalue weighted by atomic mass is 9.82. The monoisotopic (exact) mass is 652 g/mol. The average molecular weight is 653 g/mol. The van der Waals surface area contributed by atoms with Gasteiger partial charge in [-0.15, -0.1) is 0 Å². The molecular formula is C36H48N2O5S2. The summed E-state index contributed by atoms with van der Waals surface area (Å²) >= 11 is 0. The fraction of sp³-hybridized carbons (Fsp3) is 0.472. The minimum atomic E-state index is -3.27. The summed E-state index contributed by atoms with van der Waals surface area (Å²) in [7, 11) is -6.54. The molecule has 1 heterocycles. The molecule has 0 spiro atoms. The molecule has 244 valence electrons. The van der Waals surface area contributed by atoms with Crippen LogP contribution in [0.3, 0.4) is 0 Å². The van der Waals surface area contributed by atoms with Crippen LogP contribution in [0, 0.1) is 0 Å². The highest BCUT2D eigenvalue weighted by molar-refractivity contribution is 7.91. The van der Waals surface area contributed by atoms with Crippen molar-refractivity contribution in [3.8, 4) is 0 Å². The van der Waals surface area contributed by atoms with Gasteiger partial charge in [-0.2, -0.15) is 0 Å². The van der Waals surface area contributed by atoms with Crippen LogP contribution in [-0.4, -0.2) is 77.3 Å². The predicted molar refractivity (Wildman–Crippen MR) is 181 cm³/mol. The third kappa shape index (κ3) is 9.27. The Balaban J connectivity index is 1.42. The maximum absolute atomic E-state index is 13.3. The predicted octanol–water partition coefficient (Wildman–Crippen LogP) is 5.87. The van der Waals surface area contributed by atoms with Crippen LogP contribution < -0.4 is 0 Å². The minimum absolute atomic E-state index is 0.0186. The zero-order chi connectivity index (χ0) is 33.0. The van der Waals surface area contributed by atoms with Gasteiger partial charge in [0.15, 0.2) is 19.7 Å². The Bertz CT molecular complexity index is 1670. The number of nitrogens with zero attached hydrogens (tertiary/aromatic N) is 2. The van der Waals surface area contributed by atoms with Crippen LogP contribution >= 0.6 is 0 Å². The van der Waals surface area contributed by atoms with Gasteiger partial charge in [-0.05, 0) is 84.7 Å². The van der Waals surface area contributed by atoms with Crippen molar-refractivity contribution < 1.29 is 21.6 Å². The van der Waals surface area contributed by atoms with Crippen molar-refractivity contribution in [3.05, 3.63) is 95.1 Å². The number of hydrogen-bond donors (Lipinski definition) is 0. The van der Waals surface area contributed by atoms with Crippen molar-refractivity contribution in [2.24, 2.45) is 0 Å². The van der Waals surface area contributed by atoms with Crippen molar-refractivity contribution in [1.29, 1.82) is 0 Å². The molecular weight excluding hydrogens is 605 g/mol. The van der Waals surface area contributed by atoms with E-state index in [0.717, 1.165) is 50.0 Å². The zero-order valence-corrected chi connectivity index (χ0v) is 29.1. The third-order valence-electron chi connectivity index (χ3n) is 8.97. The molecule has 0 aromatic heterocycles. The van der Waals surface area contributed by atoms with E-state index >= 15 is 0 Å². The summed E-state index contributed by atoms with van der Waals surface area (Å²) in [5.74, 6) is 0.195. The molecule has 1 aliphatic rings. The number of benzene rings is 3. The van der Waals surface area contributed by atoms with E-state index in [2.05, 4.69) is 49.9 Å². The van der Waals surface area contributed by atoms with E-state index < -0.39 is 19.7 Å². The molecule has 0 bridgehead atoms. The molecule has 0 radical (unpaired) electrons. The standard InChI is InChI=1S/C36H48N2O5S2/c1-7-38(35(39)25-27-11-15-32(16-12-27)44(5,40)41)31-19-22-37(23-20-31)24-21-34(28-13-17-33(18-14-28)45(6,42)43)29-9-8-10-30(26-29)36(2,3)4/h8-18,26,31,34H,7,19-25H2,1-6H3/t34-/m1/s1. The van der Waals surface area contributed by atoms with Gasteiger partial charge >= 0.3 is 0 Å². The van der Waals surface area contributed by atoms with E-state index in [4.69, 9.17) is 0 Å². The first-order valence-corrected chi connectivity index (χ1v) is 19.6. The van der Waals surface area contributed by atoms with E-state index in [1.54, 1.807) is 36.4 Å². The van der Waals surface area contributed by atoms with Gasteiger partial charge in [-0.25, -0.2) is 16.8 Å². The maximum Gasteiger partial charge on any atom is 0.227 e. The fourth-order valence-corrected chi connectivity index (χ4v) is 7.49. The SMILES string of the molecule is CCN(C(=O)Cc1ccc(S(C)(=O)=O)cc1)C1CCN(CC[C@H](c2ccc(S(C)(=O)=O)cc2)c2cccc(C(C)(C)C)c2)CC1. The Labute approximate surface area is 270 Å². The van der Waals surface area contributed by atoms with Gasteiger partial charge in [0.05, 0.1) is 16.2 Å². The third-order valence-corrected chi connectivity index (χ3v) is 11.2. The van der Waals surface area contributed by atoms with E-state index in [9.17, 15) is 21.6 Å². The number of likely N-dealkylation sites (tertiary alicyclic amines) is 1. The highest BCUT2D eigenvalue weighted by Crippen LogP contribution is 2.33. The summed E-state index contributed by atoms with van der Waals surface area (Å²) in [4.78, 5) is 18.3. The van der Waals surface area contributed by atoms with Gasteiger partial charge in [0.1, 0.15) is 0 Å².